The highest BCUT2D eigenvalue weighted by atomic mass is 19.1. The lowest BCUT2D eigenvalue weighted by Crippen LogP contribution is -2.16. The van der Waals surface area contributed by atoms with Crippen LogP contribution in [0.4, 0.5) is 4.39 Å². The summed E-state index contributed by atoms with van der Waals surface area (Å²) in [4.78, 5) is 0. The molecule has 82 valence electrons. The van der Waals surface area contributed by atoms with Crippen molar-refractivity contribution in [3.8, 4) is 11.5 Å². The zero-order chi connectivity index (χ0) is 10.8. The summed E-state index contributed by atoms with van der Waals surface area (Å²) >= 11 is 0. The standard InChI is InChI=1S/C11H14FNO2/c1-7-4-10-11(15-3-2-14-10)5-8(7)9(12)6-13/h4-5,9H,2-3,6,13H2,1H3. The van der Waals surface area contributed by atoms with Gasteiger partial charge in [0.2, 0.25) is 0 Å². The third-order valence-electron chi connectivity index (χ3n) is 2.48. The maximum Gasteiger partial charge on any atom is 0.161 e. The van der Waals surface area contributed by atoms with Gasteiger partial charge in [0.05, 0.1) is 0 Å². The molecular weight excluding hydrogens is 197 g/mol. The van der Waals surface area contributed by atoms with Crippen molar-refractivity contribution in [1.29, 1.82) is 0 Å². The van der Waals surface area contributed by atoms with Crippen molar-refractivity contribution in [3.05, 3.63) is 23.3 Å². The average Bonchev–Trinajstić information content (AvgIpc) is 2.27. The Bertz CT molecular complexity index is 368. The quantitative estimate of drug-likeness (QED) is 0.810. The molecule has 1 heterocycles. The minimum Gasteiger partial charge on any atom is -0.486 e. The zero-order valence-electron chi connectivity index (χ0n) is 8.63. The predicted molar refractivity (Wildman–Crippen MR) is 55.1 cm³/mol. The minimum atomic E-state index is -1.14. The molecule has 0 amide bonds. The van der Waals surface area contributed by atoms with Gasteiger partial charge >= 0.3 is 0 Å². The summed E-state index contributed by atoms with van der Waals surface area (Å²) in [6.07, 6.45) is -1.14. The van der Waals surface area contributed by atoms with Crippen molar-refractivity contribution in [2.45, 2.75) is 13.1 Å². The molecule has 1 unspecified atom stereocenters. The monoisotopic (exact) mass is 211 g/mol. The molecular formula is C11H14FNO2. The first-order valence-corrected chi connectivity index (χ1v) is 4.96. The Balaban J connectivity index is 2.40. The molecule has 1 aliphatic heterocycles. The highest BCUT2D eigenvalue weighted by Gasteiger charge is 2.18. The van der Waals surface area contributed by atoms with Crippen LogP contribution < -0.4 is 15.2 Å². The number of fused-ring (bicyclic) bond motifs is 1. The van der Waals surface area contributed by atoms with Gasteiger partial charge in [0.15, 0.2) is 11.5 Å². The van der Waals surface area contributed by atoms with Crippen LogP contribution in [0.5, 0.6) is 11.5 Å². The molecule has 1 aromatic rings. The number of benzene rings is 1. The van der Waals surface area contributed by atoms with Gasteiger partial charge in [-0.05, 0) is 30.2 Å². The molecule has 0 fully saturated rings. The van der Waals surface area contributed by atoms with Crippen LogP contribution in [0.2, 0.25) is 0 Å². The first-order chi connectivity index (χ1) is 7.22. The van der Waals surface area contributed by atoms with E-state index in [0.717, 1.165) is 5.56 Å². The first kappa shape index (κ1) is 10.2. The maximum atomic E-state index is 13.5. The molecule has 15 heavy (non-hydrogen) atoms. The summed E-state index contributed by atoms with van der Waals surface area (Å²) in [5, 5.41) is 0. The Morgan fingerprint density at radius 3 is 2.53 bits per heavy atom. The summed E-state index contributed by atoms with van der Waals surface area (Å²) in [6.45, 7) is 2.88. The molecule has 1 aromatic carbocycles. The van der Waals surface area contributed by atoms with E-state index in [1.54, 1.807) is 12.1 Å². The molecule has 0 bridgehead atoms. The van der Waals surface area contributed by atoms with Crippen LogP contribution in [0.3, 0.4) is 0 Å². The fourth-order valence-corrected chi connectivity index (χ4v) is 1.67. The summed E-state index contributed by atoms with van der Waals surface area (Å²) < 4.78 is 24.2. The van der Waals surface area contributed by atoms with Crippen LogP contribution in [0.25, 0.3) is 0 Å². The third-order valence-corrected chi connectivity index (χ3v) is 2.48. The molecule has 0 aromatic heterocycles. The Hall–Kier alpha value is -1.29. The van der Waals surface area contributed by atoms with E-state index in [0.29, 0.717) is 30.3 Å². The van der Waals surface area contributed by atoms with Crippen LogP contribution in [0.15, 0.2) is 12.1 Å². The van der Waals surface area contributed by atoms with E-state index in [9.17, 15) is 4.39 Å². The number of hydrogen-bond acceptors (Lipinski definition) is 3. The van der Waals surface area contributed by atoms with E-state index in [4.69, 9.17) is 15.2 Å². The molecule has 0 aliphatic carbocycles. The summed E-state index contributed by atoms with van der Waals surface area (Å²) in [7, 11) is 0. The number of rotatable bonds is 2. The van der Waals surface area contributed by atoms with Crippen LogP contribution in [-0.4, -0.2) is 19.8 Å². The SMILES string of the molecule is Cc1cc2c(cc1C(F)CN)OCCO2. The molecule has 0 radical (unpaired) electrons. The number of nitrogens with two attached hydrogens (primary N) is 1. The highest BCUT2D eigenvalue weighted by molar-refractivity contribution is 5.48. The minimum absolute atomic E-state index is 0.0134. The number of ether oxygens (including phenoxy) is 2. The van der Waals surface area contributed by atoms with Crippen LogP contribution >= 0.6 is 0 Å². The molecule has 0 saturated carbocycles. The van der Waals surface area contributed by atoms with Crippen LogP contribution in [-0.2, 0) is 0 Å². The molecule has 1 aliphatic rings. The van der Waals surface area contributed by atoms with Gasteiger partial charge in [-0.2, -0.15) is 0 Å². The molecule has 4 heteroatoms. The average molecular weight is 211 g/mol. The Labute approximate surface area is 88.0 Å². The van der Waals surface area contributed by atoms with Gasteiger partial charge in [-0.3, -0.25) is 0 Å². The third kappa shape index (κ3) is 1.90. The fourth-order valence-electron chi connectivity index (χ4n) is 1.67. The van der Waals surface area contributed by atoms with E-state index in [1.807, 2.05) is 6.92 Å². The van der Waals surface area contributed by atoms with Crippen molar-refractivity contribution in [2.75, 3.05) is 19.8 Å². The lowest BCUT2D eigenvalue weighted by atomic mass is 10.0. The second kappa shape index (κ2) is 4.06. The van der Waals surface area contributed by atoms with E-state index >= 15 is 0 Å². The summed E-state index contributed by atoms with van der Waals surface area (Å²) in [6, 6.07) is 3.48. The number of hydrogen-bond donors (Lipinski definition) is 1. The van der Waals surface area contributed by atoms with E-state index in [2.05, 4.69) is 0 Å². The molecule has 1 atom stereocenters. The van der Waals surface area contributed by atoms with Crippen LogP contribution in [0, 0.1) is 6.92 Å². The Kier molecular flexibility index (Phi) is 2.77. The summed E-state index contributed by atoms with van der Waals surface area (Å²) in [5.74, 6) is 1.30. The van der Waals surface area contributed by atoms with E-state index < -0.39 is 6.17 Å². The molecule has 2 N–H and O–H groups in total. The molecule has 2 rings (SSSR count). The number of aryl methyl sites for hydroxylation is 1. The van der Waals surface area contributed by atoms with Gasteiger partial charge in [-0.25, -0.2) is 4.39 Å². The normalized spacial score (nSPS) is 16.2. The Morgan fingerprint density at radius 1 is 1.33 bits per heavy atom. The van der Waals surface area contributed by atoms with Gasteiger partial charge in [-0.15, -0.1) is 0 Å². The smallest absolute Gasteiger partial charge is 0.161 e. The largest absolute Gasteiger partial charge is 0.486 e. The zero-order valence-corrected chi connectivity index (χ0v) is 8.63. The molecule has 0 saturated heterocycles. The Morgan fingerprint density at radius 2 is 1.93 bits per heavy atom. The topological polar surface area (TPSA) is 44.5 Å². The van der Waals surface area contributed by atoms with E-state index in [-0.39, 0.29) is 6.54 Å². The van der Waals surface area contributed by atoms with Gasteiger partial charge in [0.1, 0.15) is 19.4 Å². The highest BCUT2D eigenvalue weighted by Crippen LogP contribution is 2.35. The van der Waals surface area contributed by atoms with Gasteiger partial charge in [0.25, 0.3) is 0 Å². The van der Waals surface area contributed by atoms with E-state index in [1.165, 1.54) is 0 Å². The number of alkyl halides is 1. The van der Waals surface area contributed by atoms with Crippen molar-refractivity contribution < 1.29 is 13.9 Å². The van der Waals surface area contributed by atoms with Crippen molar-refractivity contribution in [3.63, 3.8) is 0 Å². The maximum absolute atomic E-state index is 13.5. The van der Waals surface area contributed by atoms with Crippen LogP contribution in [0.1, 0.15) is 17.3 Å². The summed E-state index contributed by atoms with van der Waals surface area (Å²) in [5.41, 5.74) is 6.73. The fraction of sp³-hybridized carbons (Fsp3) is 0.455. The van der Waals surface area contributed by atoms with Crippen molar-refractivity contribution in [1.82, 2.24) is 0 Å². The second-order valence-electron chi connectivity index (χ2n) is 3.56. The van der Waals surface area contributed by atoms with Gasteiger partial charge < -0.3 is 15.2 Å². The molecule has 0 spiro atoms. The lowest BCUT2D eigenvalue weighted by molar-refractivity contribution is 0.170. The first-order valence-electron chi connectivity index (χ1n) is 4.96. The number of halogens is 1. The van der Waals surface area contributed by atoms with Gasteiger partial charge in [-0.1, -0.05) is 0 Å². The molecule has 3 nitrogen and oxygen atoms in total. The van der Waals surface area contributed by atoms with Crippen molar-refractivity contribution >= 4 is 0 Å². The lowest BCUT2D eigenvalue weighted by Gasteiger charge is -2.21. The van der Waals surface area contributed by atoms with Gasteiger partial charge in [0, 0.05) is 6.54 Å². The van der Waals surface area contributed by atoms with Crippen molar-refractivity contribution in [2.24, 2.45) is 5.73 Å². The predicted octanol–water partition coefficient (Wildman–Crippen LogP) is 1.74. The second-order valence-corrected chi connectivity index (χ2v) is 3.56.